The van der Waals surface area contributed by atoms with Gasteiger partial charge in [-0.15, -0.1) is 0 Å². The first kappa shape index (κ1) is 30.1. The number of methoxy groups -OCH3 is 1. The van der Waals surface area contributed by atoms with Crippen LogP contribution < -0.4 is 5.32 Å². The van der Waals surface area contributed by atoms with Crippen LogP contribution in [0.5, 0.6) is 0 Å². The third-order valence-corrected chi connectivity index (χ3v) is 7.83. The summed E-state index contributed by atoms with van der Waals surface area (Å²) < 4.78 is 14.2. The van der Waals surface area contributed by atoms with Gasteiger partial charge < -0.3 is 24.3 Å². The maximum absolute atomic E-state index is 13.7. The molecule has 1 unspecified atom stereocenters. The van der Waals surface area contributed by atoms with E-state index in [0.717, 1.165) is 42.4 Å². The van der Waals surface area contributed by atoms with Gasteiger partial charge in [0.2, 0.25) is 5.91 Å². The standard InChI is InChI=1S/C32H42BrN3O4/c1-32(2,3)40-31(38)34-27(19-23-12-14-26(33)15-13-23)21-30(37)35-16-7-10-25(22-35)29-20-24-9-5-6-11-28(24)36(29)17-8-18-39-4/h5-6,9,11-15,20,25,27H,7-8,10,16-19,21-22H2,1-4H3,(H,34,38)/t25?,27-/m1/s1. The van der Waals surface area contributed by atoms with E-state index in [9.17, 15) is 9.59 Å². The van der Waals surface area contributed by atoms with Crippen molar-refractivity contribution in [1.82, 2.24) is 14.8 Å². The van der Waals surface area contributed by atoms with Gasteiger partial charge >= 0.3 is 6.09 Å². The molecule has 2 heterocycles. The number of nitrogens with one attached hydrogen (secondary N) is 1. The smallest absolute Gasteiger partial charge is 0.407 e. The average molecular weight is 613 g/mol. The zero-order valence-corrected chi connectivity index (χ0v) is 25.7. The quantitative estimate of drug-likeness (QED) is 0.260. The third kappa shape index (κ3) is 8.33. The number of hydrogen-bond donors (Lipinski definition) is 1. The molecule has 2 amide bonds. The van der Waals surface area contributed by atoms with E-state index in [-0.39, 0.29) is 24.3 Å². The Balaban J connectivity index is 1.49. The molecule has 2 atom stereocenters. The summed E-state index contributed by atoms with van der Waals surface area (Å²) >= 11 is 3.48. The molecule has 2 aromatic carbocycles. The van der Waals surface area contributed by atoms with E-state index in [0.29, 0.717) is 19.6 Å². The van der Waals surface area contributed by atoms with Crippen molar-refractivity contribution in [2.24, 2.45) is 0 Å². The summed E-state index contributed by atoms with van der Waals surface area (Å²) in [5.74, 6) is 0.321. The molecule has 1 aliphatic heterocycles. The van der Waals surface area contributed by atoms with Crippen LogP contribution in [0.3, 0.4) is 0 Å². The Hall–Kier alpha value is -2.84. The van der Waals surface area contributed by atoms with Gasteiger partial charge in [0.15, 0.2) is 0 Å². The van der Waals surface area contributed by atoms with Gasteiger partial charge in [0.1, 0.15) is 5.60 Å². The number of fused-ring (bicyclic) bond motifs is 1. The maximum atomic E-state index is 13.7. The predicted molar refractivity (Wildman–Crippen MR) is 163 cm³/mol. The molecule has 1 saturated heterocycles. The molecule has 1 aromatic heterocycles. The zero-order valence-electron chi connectivity index (χ0n) is 24.1. The summed E-state index contributed by atoms with van der Waals surface area (Å²) in [5, 5.41) is 4.20. The van der Waals surface area contributed by atoms with Gasteiger partial charge in [0.05, 0.1) is 0 Å². The van der Waals surface area contributed by atoms with Crippen molar-refractivity contribution in [2.45, 2.75) is 77.0 Å². The van der Waals surface area contributed by atoms with E-state index in [4.69, 9.17) is 9.47 Å². The van der Waals surface area contributed by atoms with Gasteiger partial charge in [-0.25, -0.2) is 4.79 Å². The number of aromatic nitrogens is 1. The molecule has 8 heteroatoms. The Morgan fingerprint density at radius 1 is 1.12 bits per heavy atom. The Labute approximate surface area is 246 Å². The van der Waals surface area contributed by atoms with E-state index < -0.39 is 11.7 Å². The topological polar surface area (TPSA) is 72.8 Å². The van der Waals surface area contributed by atoms with E-state index >= 15 is 0 Å². The molecular formula is C32H42BrN3O4. The molecule has 0 radical (unpaired) electrons. The normalized spacial score (nSPS) is 16.6. The number of ether oxygens (including phenoxy) is 2. The lowest BCUT2D eigenvalue weighted by Crippen LogP contribution is -2.46. The summed E-state index contributed by atoms with van der Waals surface area (Å²) in [6.07, 6.45) is 3.20. The zero-order chi connectivity index (χ0) is 28.7. The number of carbonyl (C=O) groups is 2. The van der Waals surface area contributed by atoms with Gasteiger partial charge in [0.25, 0.3) is 0 Å². The molecule has 1 aliphatic rings. The molecule has 0 spiro atoms. The number of piperidine rings is 1. The van der Waals surface area contributed by atoms with Crippen molar-refractivity contribution in [3.63, 3.8) is 0 Å². The van der Waals surface area contributed by atoms with Crippen LogP contribution in [0.25, 0.3) is 10.9 Å². The lowest BCUT2D eigenvalue weighted by atomic mass is 9.93. The number of hydrogen-bond acceptors (Lipinski definition) is 4. The highest BCUT2D eigenvalue weighted by Gasteiger charge is 2.30. The molecule has 1 N–H and O–H groups in total. The number of rotatable bonds is 10. The van der Waals surface area contributed by atoms with Crippen LogP contribution in [0.15, 0.2) is 59.1 Å². The van der Waals surface area contributed by atoms with Crippen molar-refractivity contribution in [3.8, 4) is 0 Å². The van der Waals surface area contributed by atoms with Crippen LogP contribution >= 0.6 is 15.9 Å². The van der Waals surface area contributed by atoms with Gasteiger partial charge in [-0.1, -0.05) is 46.3 Å². The minimum Gasteiger partial charge on any atom is -0.444 e. The van der Waals surface area contributed by atoms with Crippen LogP contribution in [0.2, 0.25) is 0 Å². The molecule has 3 aromatic rings. The van der Waals surface area contributed by atoms with Crippen LogP contribution in [-0.2, 0) is 27.2 Å². The van der Waals surface area contributed by atoms with E-state index in [1.165, 1.54) is 16.6 Å². The molecule has 0 aliphatic carbocycles. The summed E-state index contributed by atoms with van der Waals surface area (Å²) in [6, 6.07) is 18.4. The number of benzene rings is 2. The van der Waals surface area contributed by atoms with Crippen LogP contribution in [0.4, 0.5) is 4.79 Å². The summed E-state index contributed by atoms with van der Waals surface area (Å²) in [5.41, 5.74) is 2.95. The maximum Gasteiger partial charge on any atom is 0.407 e. The van der Waals surface area contributed by atoms with Crippen LogP contribution in [0, 0.1) is 0 Å². The number of carbonyl (C=O) groups excluding carboxylic acids is 2. The minimum atomic E-state index is -0.613. The first-order chi connectivity index (χ1) is 19.1. The molecule has 216 valence electrons. The third-order valence-electron chi connectivity index (χ3n) is 7.30. The molecule has 0 bridgehead atoms. The molecular weight excluding hydrogens is 570 g/mol. The first-order valence-corrected chi connectivity index (χ1v) is 15.0. The number of para-hydroxylation sites is 1. The highest BCUT2D eigenvalue weighted by atomic mass is 79.9. The van der Waals surface area contributed by atoms with Crippen molar-refractivity contribution in [3.05, 3.63) is 70.3 Å². The largest absolute Gasteiger partial charge is 0.444 e. The van der Waals surface area contributed by atoms with Crippen molar-refractivity contribution in [2.75, 3.05) is 26.8 Å². The van der Waals surface area contributed by atoms with Crippen molar-refractivity contribution < 1.29 is 19.1 Å². The first-order valence-electron chi connectivity index (χ1n) is 14.2. The lowest BCUT2D eigenvalue weighted by molar-refractivity contribution is -0.132. The second-order valence-corrected chi connectivity index (χ2v) is 12.6. The fourth-order valence-corrected chi connectivity index (χ4v) is 5.79. The number of amides is 2. The van der Waals surface area contributed by atoms with E-state index in [1.54, 1.807) is 7.11 Å². The van der Waals surface area contributed by atoms with Crippen molar-refractivity contribution in [1.29, 1.82) is 0 Å². The lowest BCUT2D eigenvalue weighted by Gasteiger charge is -2.34. The predicted octanol–water partition coefficient (Wildman–Crippen LogP) is 6.67. The minimum absolute atomic E-state index is 0.0601. The summed E-state index contributed by atoms with van der Waals surface area (Å²) in [7, 11) is 1.74. The Kier molecular flexibility index (Phi) is 10.3. The van der Waals surface area contributed by atoms with Crippen molar-refractivity contribution >= 4 is 38.8 Å². The molecule has 1 fully saturated rings. The fourth-order valence-electron chi connectivity index (χ4n) is 5.52. The summed E-state index contributed by atoms with van der Waals surface area (Å²) in [4.78, 5) is 28.3. The molecule has 0 saturated carbocycles. The van der Waals surface area contributed by atoms with Crippen LogP contribution in [0.1, 0.15) is 63.6 Å². The van der Waals surface area contributed by atoms with Gasteiger partial charge in [-0.05, 0) is 81.7 Å². The number of nitrogens with zero attached hydrogens (tertiary/aromatic N) is 2. The van der Waals surface area contributed by atoms with Gasteiger partial charge in [-0.3, -0.25) is 4.79 Å². The van der Waals surface area contributed by atoms with Crippen LogP contribution in [-0.4, -0.2) is 59.9 Å². The second-order valence-electron chi connectivity index (χ2n) is 11.7. The van der Waals surface area contributed by atoms with Gasteiger partial charge in [0, 0.05) is 67.4 Å². The monoisotopic (exact) mass is 611 g/mol. The average Bonchev–Trinajstić information content (AvgIpc) is 3.28. The SMILES string of the molecule is COCCCn1c(C2CCCN(C(=O)C[C@@H](Cc3ccc(Br)cc3)NC(=O)OC(C)(C)C)C2)cc2ccccc21. The molecule has 4 rings (SSSR count). The second kappa shape index (κ2) is 13.7. The molecule has 40 heavy (non-hydrogen) atoms. The number of likely N-dealkylation sites (tertiary alicyclic amines) is 1. The number of halogens is 1. The highest BCUT2D eigenvalue weighted by Crippen LogP contribution is 2.32. The number of alkyl carbamates (subject to hydrolysis) is 1. The Morgan fingerprint density at radius 3 is 2.60 bits per heavy atom. The van der Waals surface area contributed by atoms with E-state index in [1.807, 2.05) is 49.9 Å². The fraction of sp³-hybridized carbons (Fsp3) is 0.500. The molecule has 7 nitrogen and oxygen atoms in total. The van der Waals surface area contributed by atoms with E-state index in [2.05, 4.69) is 56.1 Å². The Bertz CT molecular complexity index is 1280. The Morgan fingerprint density at radius 2 is 1.88 bits per heavy atom. The highest BCUT2D eigenvalue weighted by molar-refractivity contribution is 9.10. The summed E-state index contributed by atoms with van der Waals surface area (Å²) in [6.45, 7) is 8.52. The van der Waals surface area contributed by atoms with Gasteiger partial charge in [-0.2, -0.15) is 0 Å². The number of aryl methyl sites for hydroxylation is 1.